The van der Waals surface area contributed by atoms with Crippen molar-refractivity contribution in [3.8, 4) is 6.07 Å². The number of carbonyl (C=O) groups is 1. The van der Waals surface area contributed by atoms with Crippen LogP contribution in [-0.2, 0) is 4.79 Å². The Balaban J connectivity index is 3.01. The maximum Gasteiger partial charge on any atom is 0.259 e. The van der Waals surface area contributed by atoms with E-state index in [0.29, 0.717) is 5.69 Å². The van der Waals surface area contributed by atoms with Crippen LogP contribution in [-0.4, -0.2) is 10.9 Å². The molecule has 0 atom stereocenters. The molecule has 0 spiro atoms. The highest BCUT2D eigenvalue weighted by atomic mass is 16.1. The van der Waals surface area contributed by atoms with E-state index in [1.165, 1.54) is 6.08 Å². The highest BCUT2D eigenvalue weighted by Crippen LogP contribution is 2.01. The Morgan fingerprint density at radius 2 is 2.38 bits per heavy atom. The second-order valence-corrected chi connectivity index (χ2v) is 2.29. The van der Waals surface area contributed by atoms with Crippen molar-refractivity contribution < 1.29 is 4.79 Å². The summed E-state index contributed by atoms with van der Waals surface area (Å²) in [4.78, 5) is 14.6. The molecule has 1 heterocycles. The molecule has 0 aliphatic carbocycles. The van der Waals surface area contributed by atoms with Crippen LogP contribution >= 0.6 is 0 Å². The third kappa shape index (κ3) is 2.42. The molecule has 2 N–H and O–H groups in total. The van der Waals surface area contributed by atoms with Crippen LogP contribution in [0.15, 0.2) is 30.0 Å². The van der Waals surface area contributed by atoms with Gasteiger partial charge in [-0.25, -0.2) is 0 Å². The smallest absolute Gasteiger partial charge is 0.259 e. The Hall–Kier alpha value is -2.15. The zero-order valence-electron chi connectivity index (χ0n) is 6.77. The van der Waals surface area contributed by atoms with Crippen LogP contribution in [0.4, 0.5) is 0 Å². The molecule has 1 amide bonds. The van der Waals surface area contributed by atoms with Gasteiger partial charge in [-0.2, -0.15) is 5.26 Å². The van der Waals surface area contributed by atoms with Gasteiger partial charge >= 0.3 is 0 Å². The van der Waals surface area contributed by atoms with Crippen molar-refractivity contribution in [2.45, 2.75) is 0 Å². The molecule has 13 heavy (non-hydrogen) atoms. The van der Waals surface area contributed by atoms with Crippen molar-refractivity contribution in [3.63, 3.8) is 0 Å². The number of amides is 1. The van der Waals surface area contributed by atoms with E-state index >= 15 is 0 Å². The van der Waals surface area contributed by atoms with Crippen molar-refractivity contribution in [3.05, 3.63) is 35.7 Å². The van der Waals surface area contributed by atoms with Gasteiger partial charge in [0.05, 0.1) is 5.69 Å². The van der Waals surface area contributed by atoms with E-state index in [1.807, 2.05) is 0 Å². The van der Waals surface area contributed by atoms with Gasteiger partial charge in [0.15, 0.2) is 0 Å². The van der Waals surface area contributed by atoms with Crippen molar-refractivity contribution in [1.82, 2.24) is 4.98 Å². The summed E-state index contributed by atoms with van der Waals surface area (Å²) in [6.45, 7) is 0. The van der Waals surface area contributed by atoms with Gasteiger partial charge in [-0.1, -0.05) is 6.07 Å². The molecule has 0 unspecified atom stereocenters. The lowest BCUT2D eigenvalue weighted by Crippen LogP contribution is -2.12. The SMILES string of the molecule is N#C/C(=C/c1ccccn1)C(N)=O. The van der Waals surface area contributed by atoms with Crippen LogP contribution in [0.25, 0.3) is 6.08 Å². The first-order valence-electron chi connectivity index (χ1n) is 3.56. The molecule has 4 nitrogen and oxygen atoms in total. The van der Waals surface area contributed by atoms with E-state index in [-0.39, 0.29) is 5.57 Å². The standard InChI is InChI=1S/C9H7N3O/c10-6-7(9(11)13)5-8-3-1-2-4-12-8/h1-5H,(H2,11,13)/b7-5-. The maximum absolute atomic E-state index is 10.6. The topological polar surface area (TPSA) is 79.8 Å². The van der Waals surface area contributed by atoms with E-state index in [1.54, 1.807) is 30.5 Å². The molecule has 0 aliphatic heterocycles. The van der Waals surface area contributed by atoms with Crippen LogP contribution in [0.2, 0.25) is 0 Å². The minimum absolute atomic E-state index is 0.0984. The lowest BCUT2D eigenvalue weighted by atomic mass is 10.2. The summed E-state index contributed by atoms with van der Waals surface area (Å²) in [5.41, 5.74) is 5.38. The molecular formula is C9H7N3O. The predicted octanol–water partition coefficient (Wildman–Crippen LogP) is 0.474. The molecule has 4 heteroatoms. The van der Waals surface area contributed by atoms with Crippen molar-refractivity contribution >= 4 is 12.0 Å². The molecule has 0 fully saturated rings. The fourth-order valence-corrected chi connectivity index (χ4v) is 0.768. The summed E-state index contributed by atoms with van der Waals surface area (Å²) in [6.07, 6.45) is 2.92. The van der Waals surface area contributed by atoms with E-state index in [9.17, 15) is 4.79 Å². The number of primary amides is 1. The third-order valence-corrected chi connectivity index (χ3v) is 1.37. The number of hydrogen-bond acceptors (Lipinski definition) is 3. The fourth-order valence-electron chi connectivity index (χ4n) is 0.768. The van der Waals surface area contributed by atoms with Gasteiger partial charge in [-0.05, 0) is 18.2 Å². The number of hydrogen-bond donors (Lipinski definition) is 1. The molecule has 64 valence electrons. The van der Waals surface area contributed by atoms with Gasteiger partial charge in [0.2, 0.25) is 0 Å². The molecule has 0 aromatic carbocycles. The quantitative estimate of drug-likeness (QED) is 0.521. The maximum atomic E-state index is 10.6. The van der Waals surface area contributed by atoms with E-state index in [0.717, 1.165) is 0 Å². The molecule has 1 aromatic rings. The highest BCUT2D eigenvalue weighted by Gasteiger charge is 2.02. The highest BCUT2D eigenvalue weighted by molar-refractivity contribution is 6.00. The van der Waals surface area contributed by atoms with Gasteiger partial charge in [0.25, 0.3) is 5.91 Å². The summed E-state index contributed by atoms with van der Waals surface area (Å²) in [5.74, 6) is -0.742. The Morgan fingerprint density at radius 3 is 2.85 bits per heavy atom. The Bertz CT molecular complexity index is 376. The number of nitriles is 1. The molecule has 0 aliphatic rings. The first-order chi connectivity index (χ1) is 6.24. The van der Waals surface area contributed by atoms with Crippen LogP contribution in [0.3, 0.4) is 0 Å². The zero-order chi connectivity index (χ0) is 9.68. The summed E-state index contributed by atoms with van der Waals surface area (Å²) in [5, 5.41) is 8.51. The van der Waals surface area contributed by atoms with Gasteiger partial charge in [-0.15, -0.1) is 0 Å². The minimum Gasteiger partial charge on any atom is -0.365 e. The van der Waals surface area contributed by atoms with E-state index < -0.39 is 5.91 Å². The second kappa shape index (κ2) is 4.02. The average Bonchev–Trinajstić information content (AvgIpc) is 2.15. The second-order valence-electron chi connectivity index (χ2n) is 2.29. The van der Waals surface area contributed by atoms with Gasteiger partial charge in [0, 0.05) is 6.20 Å². The van der Waals surface area contributed by atoms with Crippen LogP contribution in [0.1, 0.15) is 5.69 Å². The molecule has 1 rings (SSSR count). The van der Waals surface area contributed by atoms with Crippen molar-refractivity contribution in [2.75, 3.05) is 0 Å². The summed E-state index contributed by atoms with van der Waals surface area (Å²) >= 11 is 0. The van der Waals surface area contributed by atoms with Crippen molar-refractivity contribution in [2.24, 2.45) is 5.73 Å². The summed E-state index contributed by atoms with van der Waals surface area (Å²) < 4.78 is 0. The fraction of sp³-hybridized carbons (Fsp3) is 0. The lowest BCUT2D eigenvalue weighted by molar-refractivity contribution is -0.114. The number of nitrogens with two attached hydrogens (primary N) is 1. The number of nitrogens with zero attached hydrogens (tertiary/aromatic N) is 2. The molecule has 0 saturated carbocycles. The van der Waals surface area contributed by atoms with Gasteiger partial charge in [0.1, 0.15) is 11.6 Å². The lowest BCUT2D eigenvalue weighted by Gasteiger charge is -1.91. The third-order valence-electron chi connectivity index (χ3n) is 1.37. The van der Waals surface area contributed by atoms with E-state index in [4.69, 9.17) is 11.0 Å². The van der Waals surface area contributed by atoms with Crippen LogP contribution in [0, 0.1) is 11.3 Å². The normalized spacial score (nSPS) is 10.5. The largest absolute Gasteiger partial charge is 0.365 e. The monoisotopic (exact) mass is 173 g/mol. The summed E-state index contributed by atoms with van der Waals surface area (Å²) in [6, 6.07) is 6.88. The molecular weight excluding hydrogens is 166 g/mol. The van der Waals surface area contributed by atoms with Gasteiger partial charge in [-0.3, -0.25) is 9.78 Å². The number of aromatic nitrogens is 1. The molecule has 0 saturated heterocycles. The first kappa shape index (κ1) is 8.94. The molecule has 1 aromatic heterocycles. The van der Waals surface area contributed by atoms with Crippen LogP contribution < -0.4 is 5.73 Å². The Labute approximate surface area is 75.3 Å². The Kier molecular flexibility index (Phi) is 2.77. The van der Waals surface area contributed by atoms with Crippen LogP contribution in [0.5, 0.6) is 0 Å². The molecule has 0 radical (unpaired) electrons. The predicted molar refractivity (Wildman–Crippen MR) is 47.0 cm³/mol. The first-order valence-corrected chi connectivity index (χ1v) is 3.56. The number of carbonyl (C=O) groups excluding carboxylic acids is 1. The van der Waals surface area contributed by atoms with Crippen molar-refractivity contribution in [1.29, 1.82) is 5.26 Å². The zero-order valence-corrected chi connectivity index (χ0v) is 6.77. The number of pyridine rings is 1. The van der Waals surface area contributed by atoms with Gasteiger partial charge < -0.3 is 5.73 Å². The average molecular weight is 173 g/mol. The number of rotatable bonds is 2. The minimum atomic E-state index is -0.742. The molecule has 0 bridgehead atoms. The Morgan fingerprint density at radius 1 is 1.62 bits per heavy atom. The van der Waals surface area contributed by atoms with E-state index in [2.05, 4.69) is 4.98 Å². The summed E-state index contributed by atoms with van der Waals surface area (Å²) in [7, 11) is 0.